The van der Waals surface area contributed by atoms with Gasteiger partial charge in [0.25, 0.3) is 5.91 Å². The Labute approximate surface area is 125 Å². The van der Waals surface area contributed by atoms with Crippen molar-refractivity contribution in [2.75, 3.05) is 0 Å². The van der Waals surface area contributed by atoms with Crippen molar-refractivity contribution in [3.05, 3.63) is 16.1 Å². The average Bonchev–Trinajstić information content (AvgIpc) is 3.01. The lowest BCUT2D eigenvalue weighted by molar-refractivity contribution is 0.0930. The lowest BCUT2D eigenvalue weighted by Crippen LogP contribution is -2.37. The minimum Gasteiger partial charge on any atom is -0.348 e. The summed E-state index contributed by atoms with van der Waals surface area (Å²) in [5, 5.41) is 4.41. The Morgan fingerprint density at radius 1 is 1.40 bits per heavy atom. The van der Waals surface area contributed by atoms with Crippen molar-refractivity contribution in [3.63, 3.8) is 0 Å². The number of hydrogen-bond donors (Lipinski definition) is 1. The van der Waals surface area contributed by atoms with Crippen LogP contribution in [0.3, 0.4) is 0 Å². The van der Waals surface area contributed by atoms with Crippen molar-refractivity contribution < 1.29 is 4.79 Å². The van der Waals surface area contributed by atoms with Gasteiger partial charge >= 0.3 is 0 Å². The molecule has 2 saturated carbocycles. The van der Waals surface area contributed by atoms with E-state index in [1.165, 1.54) is 44.9 Å². The van der Waals surface area contributed by atoms with Gasteiger partial charge in [-0.3, -0.25) is 4.79 Å². The summed E-state index contributed by atoms with van der Waals surface area (Å²) in [6, 6.07) is 0.389. The maximum absolute atomic E-state index is 12.3. The standard InChI is InChI=1S/C16H24N2OS/c1-2-3-5-11-6-4-7-13(11)18-15(19)14-10-17-16(20-14)12-8-9-12/h10-13H,2-9H2,1H3,(H,18,19). The highest BCUT2D eigenvalue weighted by molar-refractivity contribution is 7.13. The normalized spacial score (nSPS) is 25.9. The van der Waals surface area contributed by atoms with Crippen LogP contribution in [-0.4, -0.2) is 16.9 Å². The largest absolute Gasteiger partial charge is 0.348 e. The van der Waals surface area contributed by atoms with E-state index in [0.717, 1.165) is 16.3 Å². The second-order valence-electron chi connectivity index (χ2n) is 6.25. The number of nitrogens with one attached hydrogen (secondary N) is 1. The van der Waals surface area contributed by atoms with Gasteiger partial charge < -0.3 is 5.32 Å². The van der Waals surface area contributed by atoms with E-state index in [4.69, 9.17) is 0 Å². The number of unbranched alkanes of at least 4 members (excludes halogenated alkanes) is 1. The number of carbonyl (C=O) groups is 1. The lowest BCUT2D eigenvalue weighted by Gasteiger charge is -2.20. The summed E-state index contributed by atoms with van der Waals surface area (Å²) in [5.74, 6) is 1.43. The fourth-order valence-electron chi connectivity index (χ4n) is 3.19. The molecule has 2 atom stereocenters. The highest BCUT2D eigenvalue weighted by Gasteiger charge is 2.30. The van der Waals surface area contributed by atoms with Crippen molar-refractivity contribution in [2.45, 2.75) is 70.3 Å². The summed E-state index contributed by atoms with van der Waals surface area (Å²) < 4.78 is 0. The zero-order chi connectivity index (χ0) is 13.9. The summed E-state index contributed by atoms with van der Waals surface area (Å²) >= 11 is 1.59. The monoisotopic (exact) mass is 292 g/mol. The van der Waals surface area contributed by atoms with Crippen molar-refractivity contribution in [1.82, 2.24) is 10.3 Å². The topological polar surface area (TPSA) is 42.0 Å². The third-order valence-corrected chi connectivity index (χ3v) is 5.74. The molecule has 0 bridgehead atoms. The van der Waals surface area contributed by atoms with Gasteiger partial charge in [0, 0.05) is 12.0 Å². The number of hydrogen-bond acceptors (Lipinski definition) is 3. The highest BCUT2D eigenvalue weighted by Crippen LogP contribution is 2.41. The van der Waals surface area contributed by atoms with Gasteiger partial charge in [-0.05, 0) is 38.0 Å². The molecule has 3 nitrogen and oxygen atoms in total. The summed E-state index contributed by atoms with van der Waals surface area (Å²) in [5.41, 5.74) is 0. The molecule has 20 heavy (non-hydrogen) atoms. The van der Waals surface area contributed by atoms with E-state index in [0.29, 0.717) is 17.9 Å². The molecule has 1 heterocycles. The van der Waals surface area contributed by atoms with Gasteiger partial charge in [-0.15, -0.1) is 11.3 Å². The van der Waals surface area contributed by atoms with Crippen LogP contribution in [0.15, 0.2) is 6.20 Å². The van der Waals surface area contributed by atoms with Gasteiger partial charge in [0.2, 0.25) is 0 Å². The van der Waals surface area contributed by atoms with Gasteiger partial charge in [0.05, 0.1) is 11.2 Å². The third kappa shape index (κ3) is 3.22. The highest BCUT2D eigenvalue weighted by atomic mass is 32.1. The maximum Gasteiger partial charge on any atom is 0.263 e. The molecule has 0 aromatic carbocycles. The molecular weight excluding hydrogens is 268 g/mol. The van der Waals surface area contributed by atoms with Crippen LogP contribution < -0.4 is 5.32 Å². The van der Waals surface area contributed by atoms with Crippen LogP contribution in [0, 0.1) is 5.92 Å². The minimum absolute atomic E-state index is 0.0998. The van der Waals surface area contributed by atoms with Gasteiger partial charge in [-0.25, -0.2) is 4.98 Å². The van der Waals surface area contributed by atoms with Crippen molar-refractivity contribution in [2.24, 2.45) is 5.92 Å². The van der Waals surface area contributed by atoms with Crippen LogP contribution in [0.25, 0.3) is 0 Å². The van der Waals surface area contributed by atoms with E-state index in [9.17, 15) is 4.79 Å². The second-order valence-corrected chi connectivity index (χ2v) is 7.31. The molecule has 3 rings (SSSR count). The number of amides is 1. The Morgan fingerprint density at radius 3 is 3.00 bits per heavy atom. The van der Waals surface area contributed by atoms with Crippen molar-refractivity contribution in [1.29, 1.82) is 0 Å². The SMILES string of the molecule is CCCCC1CCCC1NC(=O)c1cnc(C2CC2)s1. The number of thiazole rings is 1. The molecule has 0 spiro atoms. The van der Waals surface area contributed by atoms with Crippen LogP contribution in [-0.2, 0) is 0 Å². The number of rotatable bonds is 6. The van der Waals surface area contributed by atoms with E-state index in [1.807, 2.05) is 0 Å². The molecule has 4 heteroatoms. The van der Waals surface area contributed by atoms with E-state index in [-0.39, 0.29) is 5.91 Å². The molecule has 1 aromatic rings. The molecule has 2 fully saturated rings. The van der Waals surface area contributed by atoms with E-state index < -0.39 is 0 Å². The van der Waals surface area contributed by atoms with Crippen LogP contribution in [0.5, 0.6) is 0 Å². The number of carbonyl (C=O) groups excluding carboxylic acids is 1. The average molecular weight is 292 g/mol. The van der Waals surface area contributed by atoms with Crippen molar-refractivity contribution >= 4 is 17.2 Å². The summed E-state index contributed by atoms with van der Waals surface area (Å²) in [4.78, 5) is 17.5. The Hall–Kier alpha value is -0.900. The van der Waals surface area contributed by atoms with Gasteiger partial charge in [-0.1, -0.05) is 26.2 Å². The predicted molar refractivity (Wildman–Crippen MR) is 82.2 cm³/mol. The molecule has 0 aliphatic heterocycles. The lowest BCUT2D eigenvalue weighted by atomic mass is 9.97. The van der Waals surface area contributed by atoms with Gasteiger partial charge in [-0.2, -0.15) is 0 Å². The molecule has 110 valence electrons. The Kier molecular flexibility index (Phi) is 4.39. The summed E-state index contributed by atoms with van der Waals surface area (Å²) in [6.45, 7) is 2.24. The predicted octanol–water partition coefficient (Wildman–Crippen LogP) is 4.11. The summed E-state index contributed by atoms with van der Waals surface area (Å²) in [6.07, 6.45) is 11.7. The zero-order valence-corrected chi connectivity index (χ0v) is 13.0. The number of nitrogens with zero attached hydrogens (tertiary/aromatic N) is 1. The van der Waals surface area contributed by atoms with Crippen LogP contribution in [0.4, 0.5) is 0 Å². The zero-order valence-electron chi connectivity index (χ0n) is 12.2. The van der Waals surface area contributed by atoms with Gasteiger partial charge in [0.1, 0.15) is 4.88 Å². The quantitative estimate of drug-likeness (QED) is 0.857. The van der Waals surface area contributed by atoms with E-state index in [2.05, 4.69) is 17.2 Å². The molecule has 2 aliphatic rings. The Morgan fingerprint density at radius 2 is 2.25 bits per heavy atom. The summed E-state index contributed by atoms with van der Waals surface area (Å²) in [7, 11) is 0. The molecule has 2 aliphatic carbocycles. The smallest absolute Gasteiger partial charge is 0.263 e. The fraction of sp³-hybridized carbons (Fsp3) is 0.750. The number of aromatic nitrogens is 1. The van der Waals surface area contributed by atoms with Crippen LogP contribution in [0.2, 0.25) is 0 Å². The fourth-order valence-corrected chi connectivity index (χ4v) is 4.18. The van der Waals surface area contributed by atoms with E-state index in [1.54, 1.807) is 17.5 Å². The van der Waals surface area contributed by atoms with Crippen LogP contribution in [0.1, 0.15) is 78.9 Å². The first-order valence-corrected chi connectivity index (χ1v) is 8.86. The first-order valence-electron chi connectivity index (χ1n) is 8.04. The first kappa shape index (κ1) is 14.1. The molecular formula is C16H24N2OS. The molecule has 0 saturated heterocycles. The molecule has 1 aromatic heterocycles. The molecule has 0 radical (unpaired) electrons. The second kappa shape index (κ2) is 6.25. The van der Waals surface area contributed by atoms with E-state index >= 15 is 0 Å². The first-order chi connectivity index (χ1) is 9.78. The van der Waals surface area contributed by atoms with Crippen LogP contribution >= 0.6 is 11.3 Å². The molecule has 2 unspecified atom stereocenters. The van der Waals surface area contributed by atoms with Gasteiger partial charge in [0.15, 0.2) is 0 Å². The Balaban J connectivity index is 1.56. The minimum atomic E-state index is 0.0998. The Bertz CT molecular complexity index is 467. The third-order valence-electron chi connectivity index (χ3n) is 4.58. The molecule has 1 amide bonds. The van der Waals surface area contributed by atoms with Crippen molar-refractivity contribution in [3.8, 4) is 0 Å². The maximum atomic E-state index is 12.3. The molecule has 1 N–H and O–H groups in total.